The van der Waals surface area contributed by atoms with E-state index in [2.05, 4.69) is 5.32 Å². The third kappa shape index (κ3) is 3.87. The molecular weight excluding hydrogens is 406 g/mol. The Morgan fingerprint density at radius 2 is 1.88 bits per heavy atom. The molecule has 4 heterocycles. The van der Waals surface area contributed by atoms with Gasteiger partial charge in [-0.2, -0.15) is 0 Å². The molecule has 5 rings (SSSR count). The Bertz CT molecular complexity index is 952. The molecule has 2 aromatic heterocycles. The van der Waals surface area contributed by atoms with Crippen LogP contribution in [0.5, 0.6) is 0 Å². The van der Waals surface area contributed by atoms with E-state index in [0.717, 1.165) is 50.8 Å². The molecule has 0 unspecified atom stereocenters. The lowest BCUT2D eigenvalue weighted by Gasteiger charge is -2.45. The Balaban J connectivity index is 1.48. The van der Waals surface area contributed by atoms with Crippen molar-refractivity contribution < 1.29 is 18.7 Å². The second-order valence-corrected chi connectivity index (χ2v) is 9.65. The molecule has 0 radical (unpaired) electrons. The fraction of sp³-hybridized carbons (Fsp3) is 0.600. The number of carbonyl (C=O) groups is 2. The van der Waals surface area contributed by atoms with Crippen molar-refractivity contribution in [2.45, 2.75) is 82.5 Å². The van der Waals surface area contributed by atoms with Gasteiger partial charge in [0.2, 0.25) is 5.91 Å². The lowest BCUT2D eigenvalue weighted by molar-refractivity contribution is -0.134. The van der Waals surface area contributed by atoms with Crippen LogP contribution in [0.25, 0.3) is 11.5 Å². The Morgan fingerprint density at radius 3 is 2.56 bits per heavy atom. The maximum atomic E-state index is 13.8. The molecule has 0 spiro atoms. The van der Waals surface area contributed by atoms with Gasteiger partial charge in [0.1, 0.15) is 17.0 Å². The quantitative estimate of drug-likeness (QED) is 0.715. The van der Waals surface area contributed by atoms with Gasteiger partial charge in [-0.3, -0.25) is 9.59 Å². The maximum Gasteiger partial charge on any atom is 0.271 e. The highest BCUT2D eigenvalue weighted by Gasteiger charge is 2.49. The zero-order chi connectivity index (χ0) is 22.1. The minimum Gasteiger partial charge on any atom is -0.463 e. The molecule has 1 saturated carbocycles. The van der Waals surface area contributed by atoms with Gasteiger partial charge in [-0.15, -0.1) is 0 Å². The minimum atomic E-state index is -0.997. The molecular formula is C25H33N3O4. The highest BCUT2D eigenvalue weighted by molar-refractivity contribution is 6.00. The van der Waals surface area contributed by atoms with Crippen molar-refractivity contribution in [3.8, 4) is 11.5 Å². The third-order valence-electron chi connectivity index (χ3n) is 7.37. The fourth-order valence-electron chi connectivity index (χ4n) is 5.46. The summed E-state index contributed by atoms with van der Waals surface area (Å²) >= 11 is 0. The fourth-order valence-corrected chi connectivity index (χ4v) is 5.46. The Hall–Kier alpha value is -2.54. The summed E-state index contributed by atoms with van der Waals surface area (Å²) in [7, 11) is 0. The van der Waals surface area contributed by atoms with Gasteiger partial charge >= 0.3 is 0 Å². The average Bonchev–Trinajstić information content (AvgIpc) is 3.52. The van der Waals surface area contributed by atoms with Crippen molar-refractivity contribution in [3.63, 3.8) is 0 Å². The average molecular weight is 440 g/mol. The van der Waals surface area contributed by atoms with Crippen LogP contribution in [0.2, 0.25) is 0 Å². The highest BCUT2D eigenvalue weighted by atomic mass is 16.5. The van der Waals surface area contributed by atoms with Crippen LogP contribution in [-0.4, -0.2) is 52.1 Å². The Morgan fingerprint density at radius 1 is 1.09 bits per heavy atom. The molecule has 2 fully saturated rings. The first-order chi connectivity index (χ1) is 15.6. The summed E-state index contributed by atoms with van der Waals surface area (Å²) in [6.07, 6.45) is 10.3. The van der Waals surface area contributed by atoms with E-state index >= 15 is 0 Å². The number of fused-ring (bicyclic) bond motifs is 1. The summed E-state index contributed by atoms with van der Waals surface area (Å²) in [6, 6.07) is 7.64. The van der Waals surface area contributed by atoms with E-state index in [1.165, 1.54) is 12.8 Å². The second kappa shape index (κ2) is 8.77. The highest BCUT2D eigenvalue weighted by Crippen LogP contribution is 2.34. The van der Waals surface area contributed by atoms with Crippen LogP contribution < -0.4 is 5.32 Å². The van der Waals surface area contributed by atoms with Gasteiger partial charge in [-0.25, -0.2) is 0 Å². The summed E-state index contributed by atoms with van der Waals surface area (Å²) < 4.78 is 13.4. The molecule has 7 heteroatoms. The molecule has 2 atom stereocenters. The molecule has 2 amide bonds. The van der Waals surface area contributed by atoms with E-state index in [4.69, 9.17) is 9.15 Å². The van der Waals surface area contributed by atoms with Gasteiger partial charge in [0, 0.05) is 19.2 Å². The molecule has 1 aliphatic carbocycles. The summed E-state index contributed by atoms with van der Waals surface area (Å²) in [4.78, 5) is 29.2. The molecule has 172 valence electrons. The van der Waals surface area contributed by atoms with Gasteiger partial charge in [0.15, 0.2) is 0 Å². The molecule has 1 saturated heterocycles. The van der Waals surface area contributed by atoms with Gasteiger partial charge in [0.05, 0.1) is 24.6 Å². The Labute approximate surface area is 189 Å². The predicted molar refractivity (Wildman–Crippen MR) is 120 cm³/mol. The molecule has 7 nitrogen and oxygen atoms in total. The SMILES string of the molecule is C[C@@]1(C(=O)NC2CCCCCC2)Cn2c(ccc2-c2ccco2)C(=O)N1C[C@H]1CCCO1. The predicted octanol–water partition coefficient (Wildman–Crippen LogP) is 3.98. The molecule has 0 aromatic carbocycles. The monoisotopic (exact) mass is 439 g/mol. The Kier molecular flexibility index (Phi) is 5.84. The van der Waals surface area contributed by atoms with Gasteiger partial charge in [0.25, 0.3) is 5.91 Å². The van der Waals surface area contributed by atoms with Gasteiger partial charge in [-0.1, -0.05) is 25.7 Å². The van der Waals surface area contributed by atoms with E-state index < -0.39 is 5.54 Å². The summed E-state index contributed by atoms with van der Waals surface area (Å²) in [6.45, 7) is 3.45. The second-order valence-electron chi connectivity index (χ2n) is 9.65. The van der Waals surface area contributed by atoms with Crippen molar-refractivity contribution in [2.75, 3.05) is 13.2 Å². The van der Waals surface area contributed by atoms with E-state index in [0.29, 0.717) is 24.5 Å². The standard InChI is InChI=1S/C25H33N3O4/c1-25(24(30)26-18-8-4-2-3-5-9-18)17-27-20(22-11-7-15-32-22)12-13-21(27)23(29)28(25)16-19-10-6-14-31-19/h7,11-13,15,18-19H,2-6,8-10,14,16-17H2,1H3,(H,26,30)/t19-,25+/m1/s1. The number of nitrogens with one attached hydrogen (secondary N) is 1. The van der Waals surface area contributed by atoms with E-state index in [1.807, 2.05) is 35.8 Å². The number of rotatable bonds is 5. The largest absolute Gasteiger partial charge is 0.463 e. The van der Waals surface area contributed by atoms with Crippen LogP contribution in [-0.2, 0) is 16.1 Å². The van der Waals surface area contributed by atoms with E-state index in [9.17, 15) is 9.59 Å². The maximum absolute atomic E-state index is 13.8. The minimum absolute atomic E-state index is 0.0185. The molecule has 32 heavy (non-hydrogen) atoms. The van der Waals surface area contributed by atoms with E-state index in [1.54, 1.807) is 11.2 Å². The number of hydrogen-bond donors (Lipinski definition) is 1. The summed E-state index contributed by atoms with van der Waals surface area (Å²) in [5, 5.41) is 3.31. The third-order valence-corrected chi connectivity index (χ3v) is 7.37. The lowest BCUT2D eigenvalue weighted by atomic mass is 9.93. The van der Waals surface area contributed by atoms with E-state index in [-0.39, 0.29) is 24.0 Å². The molecule has 1 N–H and O–H groups in total. The normalized spacial score (nSPS) is 26.7. The molecule has 3 aliphatic rings. The van der Waals surface area contributed by atoms with Gasteiger partial charge < -0.3 is 23.9 Å². The van der Waals surface area contributed by atoms with Crippen LogP contribution in [0.4, 0.5) is 0 Å². The molecule has 0 bridgehead atoms. The number of ether oxygens (including phenoxy) is 1. The van der Waals surface area contributed by atoms with Crippen LogP contribution in [0.15, 0.2) is 34.9 Å². The van der Waals surface area contributed by atoms with Crippen molar-refractivity contribution in [1.29, 1.82) is 0 Å². The first-order valence-electron chi connectivity index (χ1n) is 12.0. The number of carbonyl (C=O) groups excluding carboxylic acids is 2. The first kappa shape index (κ1) is 21.3. The van der Waals surface area contributed by atoms with Crippen molar-refractivity contribution in [2.24, 2.45) is 0 Å². The van der Waals surface area contributed by atoms with Gasteiger partial charge in [-0.05, 0) is 56.9 Å². The van der Waals surface area contributed by atoms with Crippen LogP contribution in [0, 0.1) is 0 Å². The smallest absolute Gasteiger partial charge is 0.271 e. The molecule has 2 aliphatic heterocycles. The van der Waals surface area contributed by atoms with Crippen LogP contribution in [0.1, 0.15) is 68.8 Å². The van der Waals surface area contributed by atoms with Crippen LogP contribution >= 0.6 is 0 Å². The number of furan rings is 1. The van der Waals surface area contributed by atoms with Crippen molar-refractivity contribution in [3.05, 3.63) is 36.2 Å². The zero-order valence-corrected chi connectivity index (χ0v) is 18.8. The van der Waals surface area contributed by atoms with Crippen LogP contribution in [0.3, 0.4) is 0 Å². The zero-order valence-electron chi connectivity index (χ0n) is 18.8. The van der Waals surface area contributed by atoms with Crippen molar-refractivity contribution in [1.82, 2.24) is 14.8 Å². The number of aromatic nitrogens is 1. The first-order valence-corrected chi connectivity index (χ1v) is 12.0. The molecule has 2 aromatic rings. The summed E-state index contributed by atoms with van der Waals surface area (Å²) in [5.41, 5.74) is 0.417. The number of hydrogen-bond acceptors (Lipinski definition) is 4. The lowest BCUT2D eigenvalue weighted by Crippen LogP contribution is -2.66. The number of nitrogens with zero attached hydrogens (tertiary/aromatic N) is 2. The summed E-state index contributed by atoms with van der Waals surface area (Å²) in [5.74, 6) is 0.506. The topological polar surface area (TPSA) is 76.7 Å². The number of amides is 2. The van der Waals surface area contributed by atoms with Crippen molar-refractivity contribution >= 4 is 11.8 Å².